The predicted octanol–water partition coefficient (Wildman–Crippen LogP) is 3.11. The van der Waals surface area contributed by atoms with E-state index >= 15 is 0 Å². The number of nitrogens with one attached hydrogen (secondary N) is 1. The van der Waals surface area contributed by atoms with Crippen LogP contribution in [-0.4, -0.2) is 23.5 Å². The Labute approximate surface area is 133 Å². The molecule has 1 aromatic carbocycles. The lowest BCUT2D eigenvalue weighted by Gasteiger charge is -2.17. The van der Waals surface area contributed by atoms with Crippen molar-refractivity contribution in [3.05, 3.63) is 46.2 Å². The molecule has 0 unspecified atom stereocenters. The van der Waals surface area contributed by atoms with Crippen molar-refractivity contribution in [2.24, 2.45) is 0 Å². The Morgan fingerprint density at radius 2 is 2.14 bits per heavy atom. The highest BCUT2D eigenvalue weighted by Gasteiger charge is 2.17. The molecule has 6 heteroatoms. The van der Waals surface area contributed by atoms with Crippen LogP contribution in [-0.2, 0) is 11.2 Å². The number of carbonyl (C=O) groups excluding carboxylic acids is 1. The standard InChI is InChI=1S/C16H19FN2O2S/c1-3-15(21-14-6-4-12(17)5-7-14)16(20)18-9-8-13-10-22-11(2)19-13/h4-7,10,15H,3,8-9H2,1-2H3,(H,18,20)/t15-/m0/s1. The van der Waals surface area contributed by atoms with E-state index < -0.39 is 6.10 Å². The highest BCUT2D eigenvalue weighted by Crippen LogP contribution is 2.14. The van der Waals surface area contributed by atoms with E-state index in [-0.39, 0.29) is 11.7 Å². The van der Waals surface area contributed by atoms with Crippen molar-refractivity contribution in [1.29, 1.82) is 0 Å². The summed E-state index contributed by atoms with van der Waals surface area (Å²) < 4.78 is 18.4. The molecule has 0 radical (unpaired) electrons. The van der Waals surface area contributed by atoms with E-state index in [4.69, 9.17) is 4.74 Å². The van der Waals surface area contributed by atoms with Gasteiger partial charge >= 0.3 is 0 Å². The van der Waals surface area contributed by atoms with E-state index in [1.807, 2.05) is 19.2 Å². The second-order valence-corrected chi connectivity index (χ2v) is 5.93. The number of aryl methyl sites for hydroxylation is 1. The van der Waals surface area contributed by atoms with Crippen LogP contribution < -0.4 is 10.1 Å². The van der Waals surface area contributed by atoms with E-state index in [9.17, 15) is 9.18 Å². The molecular weight excluding hydrogens is 303 g/mol. The number of thiazole rings is 1. The van der Waals surface area contributed by atoms with Crippen LogP contribution in [0.5, 0.6) is 5.75 Å². The maximum absolute atomic E-state index is 12.9. The van der Waals surface area contributed by atoms with Crippen LogP contribution >= 0.6 is 11.3 Å². The lowest BCUT2D eigenvalue weighted by molar-refractivity contribution is -0.128. The first-order valence-electron chi connectivity index (χ1n) is 7.19. The van der Waals surface area contributed by atoms with Crippen LogP contribution in [0, 0.1) is 12.7 Å². The van der Waals surface area contributed by atoms with E-state index in [2.05, 4.69) is 10.3 Å². The molecule has 1 heterocycles. The van der Waals surface area contributed by atoms with Gasteiger partial charge in [0.2, 0.25) is 0 Å². The topological polar surface area (TPSA) is 51.2 Å². The van der Waals surface area contributed by atoms with Gasteiger partial charge in [-0.25, -0.2) is 9.37 Å². The number of aromatic nitrogens is 1. The number of ether oxygens (including phenoxy) is 1. The van der Waals surface area contributed by atoms with Crippen molar-refractivity contribution >= 4 is 17.2 Å². The zero-order valence-corrected chi connectivity index (χ0v) is 13.5. The minimum atomic E-state index is -0.581. The first kappa shape index (κ1) is 16.4. The normalized spacial score (nSPS) is 12.0. The highest BCUT2D eigenvalue weighted by atomic mass is 32.1. The molecule has 2 rings (SSSR count). The third kappa shape index (κ3) is 4.80. The molecule has 0 aliphatic rings. The van der Waals surface area contributed by atoms with E-state index in [0.29, 0.717) is 25.1 Å². The highest BCUT2D eigenvalue weighted by molar-refractivity contribution is 7.09. The number of halogens is 1. The van der Waals surface area contributed by atoms with Crippen LogP contribution in [0.3, 0.4) is 0 Å². The number of hydrogen-bond donors (Lipinski definition) is 1. The Hall–Kier alpha value is -1.95. The number of amides is 1. The van der Waals surface area contributed by atoms with Crippen molar-refractivity contribution in [3.63, 3.8) is 0 Å². The monoisotopic (exact) mass is 322 g/mol. The molecule has 1 atom stereocenters. The molecule has 2 aromatic rings. The van der Waals surface area contributed by atoms with Gasteiger partial charge in [-0.2, -0.15) is 0 Å². The molecule has 0 saturated heterocycles. The summed E-state index contributed by atoms with van der Waals surface area (Å²) in [5.41, 5.74) is 0.982. The zero-order valence-electron chi connectivity index (χ0n) is 12.6. The molecule has 1 N–H and O–H groups in total. The van der Waals surface area contributed by atoms with Crippen LogP contribution in [0.2, 0.25) is 0 Å². The number of carbonyl (C=O) groups is 1. The van der Waals surface area contributed by atoms with Gasteiger partial charge in [0.05, 0.1) is 10.7 Å². The second kappa shape index (κ2) is 7.89. The summed E-state index contributed by atoms with van der Waals surface area (Å²) in [6, 6.07) is 5.65. The minimum absolute atomic E-state index is 0.168. The van der Waals surface area contributed by atoms with Gasteiger partial charge in [-0.15, -0.1) is 11.3 Å². The molecule has 0 saturated carbocycles. The summed E-state index contributed by atoms with van der Waals surface area (Å²) in [6.07, 6.45) is 0.657. The van der Waals surface area contributed by atoms with Gasteiger partial charge in [0, 0.05) is 18.3 Å². The minimum Gasteiger partial charge on any atom is -0.481 e. The quantitative estimate of drug-likeness (QED) is 0.852. The van der Waals surface area contributed by atoms with Gasteiger partial charge < -0.3 is 10.1 Å². The smallest absolute Gasteiger partial charge is 0.261 e. The molecule has 0 spiro atoms. The third-order valence-corrected chi connectivity index (χ3v) is 3.92. The Balaban J connectivity index is 1.82. The summed E-state index contributed by atoms with van der Waals surface area (Å²) in [7, 11) is 0. The zero-order chi connectivity index (χ0) is 15.9. The molecule has 0 aliphatic heterocycles. The first-order valence-corrected chi connectivity index (χ1v) is 8.07. The summed E-state index contributed by atoms with van der Waals surface area (Å²) in [5.74, 6) is -0.0132. The molecule has 22 heavy (non-hydrogen) atoms. The molecule has 118 valence electrons. The van der Waals surface area contributed by atoms with Crippen molar-refractivity contribution < 1.29 is 13.9 Å². The number of hydrogen-bond acceptors (Lipinski definition) is 4. The van der Waals surface area contributed by atoms with Crippen molar-refractivity contribution in [1.82, 2.24) is 10.3 Å². The Kier molecular flexibility index (Phi) is 5.89. The largest absolute Gasteiger partial charge is 0.481 e. The summed E-state index contributed by atoms with van der Waals surface area (Å²) in [6.45, 7) is 4.35. The van der Waals surface area contributed by atoms with Crippen LogP contribution in [0.25, 0.3) is 0 Å². The summed E-state index contributed by atoms with van der Waals surface area (Å²) in [4.78, 5) is 16.5. The van der Waals surface area contributed by atoms with Gasteiger partial charge in [0.1, 0.15) is 11.6 Å². The Bertz CT molecular complexity index is 613. The molecule has 4 nitrogen and oxygen atoms in total. The average Bonchev–Trinajstić information content (AvgIpc) is 2.92. The summed E-state index contributed by atoms with van der Waals surface area (Å²) >= 11 is 1.60. The van der Waals surface area contributed by atoms with Crippen LogP contribution in [0.15, 0.2) is 29.6 Å². The number of nitrogens with zero attached hydrogens (tertiary/aromatic N) is 1. The number of rotatable bonds is 7. The lowest BCUT2D eigenvalue weighted by atomic mass is 10.2. The van der Waals surface area contributed by atoms with E-state index in [1.165, 1.54) is 24.3 Å². The fraction of sp³-hybridized carbons (Fsp3) is 0.375. The second-order valence-electron chi connectivity index (χ2n) is 4.87. The molecule has 0 bridgehead atoms. The first-order chi connectivity index (χ1) is 10.6. The van der Waals surface area contributed by atoms with E-state index in [1.54, 1.807) is 11.3 Å². The van der Waals surface area contributed by atoms with Crippen molar-refractivity contribution in [3.8, 4) is 5.75 Å². The molecule has 0 fully saturated rings. The summed E-state index contributed by atoms with van der Waals surface area (Å²) in [5, 5.41) is 5.86. The van der Waals surface area contributed by atoms with Gasteiger partial charge in [-0.3, -0.25) is 4.79 Å². The van der Waals surface area contributed by atoms with E-state index in [0.717, 1.165) is 10.7 Å². The lowest BCUT2D eigenvalue weighted by Crippen LogP contribution is -2.38. The van der Waals surface area contributed by atoms with Crippen molar-refractivity contribution in [2.75, 3.05) is 6.54 Å². The van der Waals surface area contributed by atoms with Crippen LogP contribution in [0.4, 0.5) is 4.39 Å². The fourth-order valence-corrected chi connectivity index (χ4v) is 2.60. The van der Waals surface area contributed by atoms with Gasteiger partial charge in [-0.05, 0) is 37.6 Å². The van der Waals surface area contributed by atoms with Crippen LogP contribution in [0.1, 0.15) is 24.0 Å². The fourth-order valence-electron chi connectivity index (χ4n) is 1.95. The molecule has 0 aliphatic carbocycles. The van der Waals surface area contributed by atoms with Crippen molar-refractivity contribution in [2.45, 2.75) is 32.8 Å². The molecule has 1 amide bonds. The average molecular weight is 322 g/mol. The maximum atomic E-state index is 12.9. The SMILES string of the molecule is CC[C@H](Oc1ccc(F)cc1)C(=O)NCCc1csc(C)n1. The molecule has 1 aromatic heterocycles. The van der Waals surface area contributed by atoms with Gasteiger partial charge in [0.15, 0.2) is 6.10 Å². The maximum Gasteiger partial charge on any atom is 0.261 e. The van der Waals surface area contributed by atoms with Gasteiger partial charge in [-0.1, -0.05) is 6.92 Å². The predicted molar refractivity (Wildman–Crippen MR) is 84.7 cm³/mol. The third-order valence-electron chi connectivity index (χ3n) is 3.10. The Morgan fingerprint density at radius 1 is 1.41 bits per heavy atom. The van der Waals surface area contributed by atoms with Gasteiger partial charge in [0.25, 0.3) is 5.91 Å². The number of benzene rings is 1. The molecular formula is C16H19FN2O2S. The Morgan fingerprint density at radius 3 is 2.73 bits per heavy atom.